The Morgan fingerprint density at radius 3 is 2.26 bits per heavy atom. The third kappa shape index (κ3) is 3.76. The molecule has 0 amide bonds. The third-order valence-electron chi connectivity index (χ3n) is 3.34. The van der Waals surface area contributed by atoms with Gasteiger partial charge in [0.1, 0.15) is 8.07 Å². The highest BCUT2D eigenvalue weighted by atomic mass is 28.3. The van der Waals surface area contributed by atoms with Crippen molar-refractivity contribution in [2.75, 3.05) is 0 Å². The molecule has 0 spiro atoms. The van der Waals surface area contributed by atoms with E-state index in [-0.39, 0.29) is 0 Å². The van der Waals surface area contributed by atoms with Crippen LogP contribution in [0.25, 0.3) is 16.9 Å². The van der Waals surface area contributed by atoms with Crippen LogP contribution in [0.4, 0.5) is 0 Å². The van der Waals surface area contributed by atoms with E-state index in [1.165, 1.54) is 0 Å². The first kappa shape index (κ1) is 15.3. The van der Waals surface area contributed by atoms with E-state index in [1.807, 2.05) is 24.7 Å². The lowest BCUT2D eigenvalue weighted by atomic mass is 10.2. The SMILES string of the molecule is C[Si](C)(C)C#Cc1ccc(-n2cncc2-c2ccncc2)cc1. The summed E-state index contributed by atoms with van der Waals surface area (Å²) in [6.45, 7) is 6.75. The smallest absolute Gasteiger partial charge is 0.129 e. The van der Waals surface area contributed by atoms with E-state index in [0.29, 0.717) is 0 Å². The molecule has 0 aliphatic heterocycles. The Bertz CT molecular complexity index is 847. The Labute approximate surface area is 138 Å². The lowest BCUT2D eigenvalue weighted by molar-refractivity contribution is 1.06. The summed E-state index contributed by atoms with van der Waals surface area (Å²) in [5, 5.41) is 0. The Morgan fingerprint density at radius 1 is 0.913 bits per heavy atom. The zero-order valence-corrected chi connectivity index (χ0v) is 14.6. The Kier molecular flexibility index (Phi) is 4.13. The van der Waals surface area contributed by atoms with Gasteiger partial charge < -0.3 is 0 Å². The molecule has 0 aliphatic rings. The van der Waals surface area contributed by atoms with Gasteiger partial charge in [-0.3, -0.25) is 9.55 Å². The van der Waals surface area contributed by atoms with Crippen LogP contribution in [0, 0.1) is 11.5 Å². The maximum atomic E-state index is 4.29. The van der Waals surface area contributed by atoms with E-state index in [4.69, 9.17) is 0 Å². The first-order valence-electron chi connectivity index (χ1n) is 7.59. The number of imidazole rings is 1. The van der Waals surface area contributed by atoms with E-state index < -0.39 is 8.07 Å². The van der Waals surface area contributed by atoms with E-state index in [9.17, 15) is 0 Å². The minimum atomic E-state index is -1.34. The van der Waals surface area contributed by atoms with Crippen molar-refractivity contribution in [3.05, 3.63) is 66.9 Å². The summed E-state index contributed by atoms with van der Waals surface area (Å²) in [5.41, 5.74) is 7.67. The number of hydrogen-bond donors (Lipinski definition) is 0. The van der Waals surface area contributed by atoms with Crippen LogP contribution in [0.3, 0.4) is 0 Å². The topological polar surface area (TPSA) is 30.7 Å². The zero-order chi connectivity index (χ0) is 16.3. The lowest BCUT2D eigenvalue weighted by Gasteiger charge is -2.08. The van der Waals surface area contributed by atoms with Crippen molar-refractivity contribution in [1.82, 2.24) is 14.5 Å². The number of aromatic nitrogens is 3. The largest absolute Gasteiger partial charge is 0.299 e. The van der Waals surface area contributed by atoms with Gasteiger partial charge in [-0.1, -0.05) is 25.6 Å². The van der Waals surface area contributed by atoms with Gasteiger partial charge in [-0.05, 0) is 36.4 Å². The number of rotatable bonds is 2. The van der Waals surface area contributed by atoms with Crippen molar-refractivity contribution in [3.63, 3.8) is 0 Å². The van der Waals surface area contributed by atoms with Crippen molar-refractivity contribution in [1.29, 1.82) is 0 Å². The third-order valence-corrected chi connectivity index (χ3v) is 4.22. The minimum absolute atomic E-state index is 1.05. The highest BCUT2D eigenvalue weighted by Gasteiger charge is 2.08. The molecule has 0 saturated heterocycles. The molecule has 0 fully saturated rings. The second-order valence-corrected chi connectivity index (χ2v) is 11.2. The van der Waals surface area contributed by atoms with Crippen LogP contribution in [0.5, 0.6) is 0 Å². The first-order valence-corrected chi connectivity index (χ1v) is 11.1. The van der Waals surface area contributed by atoms with Gasteiger partial charge in [-0.15, -0.1) is 5.54 Å². The summed E-state index contributed by atoms with van der Waals surface area (Å²) in [7, 11) is -1.34. The fraction of sp³-hybridized carbons (Fsp3) is 0.158. The molecule has 3 nitrogen and oxygen atoms in total. The van der Waals surface area contributed by atoms with Gasteiger partial charge in [0.05, 0.1) is 18.2 Å². The molecule has 0 atom stereocenters. The molecule has 3 rings (SSSR count). The molecule has 0 aliphatic carbocycles. The minimum Gasteiger partial charge on any atom is -0.299 e. The van der Waals surface area contributed by atoms with Crippen LogP contribution in [-0.4, -0.2) is 22.6 Å². The number of benzene rings is 1. The summed E-state index contributed by atoms with van der Waals surface area (Å²) < 4.78 is 2.07. The summed E-state index contributed by atoms with van der Waals surface area (Å²) in [4.78, 5) is 8.35. The van der Waals surface area contributed by atoms with Gasteiger partial charge in [0, 0.05) is 29.2 Å². The second-order valence-electron chi connectivity index (χ2n) is 6.43. The van der Waals surface area contributed by atoms with Crippen LogP contribution < -0.4 is 0 Å². The molecule has 23 heavy (non-hydrogen) atoms. The van der Waals surface area contributed by atoms with Gasteiger partial charge in [0.25, 0.3) is 0 Å². The predicted octanol–water partition coefficient (Wildman–Crippen LogP) is 4.16. The lowest BCUT2D eigenvalue weighted by Crippen LogP contribution is -2.16. The summed E-state index contributed by atoms with van der Waals surface area (Å²) >= 11 is 0. The quantitative estimate of drug-likeness (QED) is 0.525. The van der Waals surface area contributed by atoms with Crippen LogP contribution in [-0.2, 0) is 0 Å². The second kappa shape index (κ2) is 6.23. The van der Waals surface area contributed by atoms with Crippen LogP contribution in [0.2, 0.25) is 19.6 Å². The number of hydrogen-bond acceptors (Lipinski definition) is 2. The van der Waals surface area contributed by atoms with Crippen molar-refractivity contribution in [2.24, 2.45) is 0 Å². The molecule has 2 heterocycles. The van der Waals surface area contributed by atoms with E-state index in [1.54, 1.807) is 12.4 Å². The van der Waals surface area contributed by atoms with Crippen molar-refractivity contribution in [2.45, 2.75) is 19.6 Å². The summed E-state index contributed by atoms with van der Waals surface area (Å²) in [6.07, 6.45) is 7.29. The average Bonchev–Trinajstić information content (AvgIpc) is 3.03. The molecule has 2 aromatic heterocycles. The van der Waals surface area contributed by atoms with Gasteiger partial charge in [-0.2, -0.15) is 0 Å². The molecule has 0 bridgehead atoms. The molecule has 4 heteroatoms. The Morgan fingerprint density at radius 2 is 1.61 bits per heavy atom. The standard InChI is InChI=1S/C19H19N3Si/c1-23(2,3)13-10-16-4-6-18(7-5-16)22-15-21-14-19(22)17-8-11-20-12-9-17/h4-9,11-12,14-15H,1-3H3. The van der Waals surface area contributed by atoms with Crippen molar-refractivity contribution >= 4 is 8.07 Å². The van der Waals surface area contributed by atoms with Crippen molar-refractivity contribution < 1.29 is 0 Å². The molecular formula is C19H19N3Si. The normalized spacial score (nSPS) is 10.9. The zero-order valence-electron chi connectivity index (χ0n) is 13.6. The summed E-state index contributed by atoms with van der Waals surface area (Å²) in [6, 6.07) is 12.3. The fourth-order valence-electron chi connectivity index (χ4n) is 2.20. The van der Waals surface area contributed by atoms with Gasteiger partial charge >= 0.3 is 0 Å². The van der Waals surface area contributed by atoms with Crippen LogP contribution >= 0.6 is 0 Å². The molecule has 0 N–H and O–H groups in total. The highest BCUT2D eigenvalue weighted by Crippen LogP contribution is 2.22. The monoisotopic (exact) mass is 317 g/mol. The van der Waals surface area contributed by atoms with Crippen LogP contribution in [0.1, 0.15) is 5.56 Å². The highest BCUT2D eigenvalue weighted by molar-refractivity contribution is 6.83. The maximum Gasteiger partial charge on any atom is 0.129 e. The molecule has 114 valence electrons. The fourth-order valence-corrected chi connectivity index (χ4v) is 2.72. The van der Waals surface area contributed by atoms with E-state index in [2.05, 4.69) is 69.9 Å². The number of nitrogens with zero attached hydrogens (tertiary/aromatic N) is 3. The molecule has 0 radical (unpaired) electrons. The molecular weight excluding hydrogens is 298 g/mol. The molecule has 3 aromatic rings. The van der Waals surface area contributed by atoms with Gasteiger partial charge in [0.2, 0.25) is 0 Å². The van der Waals surface area contributed by atoms with Gasteiger partial charge in [-0.25, -0.2) is 4.98 Å². The van der Waals surface area contributed by atoms with Crippen LogP contribution in [0.15, 0.2) is 61.3 Å². The molecule has 1 aromatic carbocycles. The maximum absolute atomic E-state index is 4.29. The predicted molar refractivity (Wildman–Crippen MR) is 97.0 cm³/mol. The summed E-state index contributed by atoms with van der Waals surface area (Å²) in [5.74, 6) is 3.28. The van der Waals surface area contributed by atoms with E-state index in [0.717, 1.165) is 22.5 Å². The van der Waals surface area contributed by atoms with E-state index >= 15 is 0 Å². The molecule has 0 saturated carbocycles. The Hall–Kier alpha value is -2.64. The number of pyridine rings is 1. The van der Waals surface area contributed by atoms with Gasteiger partial charge in [0.15, 0.2) is 0 Å². The Balaban J connectivity index is 1.92. The van der Waals surface area contributed by atoms with Crippen molar-refractivity contribution in [3.8, 4) is 28.4 Å². The average molecular weight is 317 g/mol. The molecule has 0 unspecified atom stereocenters. The first-order chi connectivity index (χ1) is 11.0.